The molecule has 0 aliphatic carbocycles. The first-order valence-electron chi connectivity index (χ1n) is 18.7. The number of unbranched alkanes of at least 4 members (excludes halogenated alkanes) is 15. The zero-order valence-corrected chi connectivity index (χ0v) is 29.2. The first kappa shape index (κ1) is 42.9. The number of carbonyl (C=O) groups excluding carboxylic acids is 2. The fourth-order valence-corrected chi connectivity index (χ4v) is 5.41. The quantitative estimate of drug-likeness (QED) is 0.0376. The Morgan fingerprint density at radius 3 is 1.78 bits per heavy atom. The lowest BCUT2D eigenvalue weighted by Crippen LogP contribution is -2.40. The number of nitrogens with one attached hydrogen (secondary N) is 1. The van der Waals surface area contributed by atoms with E-state index in [0.29, 0.717) is 38.6 Å². The lowest BCUT2D eigenvalue weighted by molar-refractivity contribution is -0.150. The predicted molar refractivity (Wildman–Crippen MR) is 188 cm³/mol. The van der Waals surface area contributed by atoms with Gasteiger partial charge in [0.1, 0.15) is 12.1 Å². The molecule has 0 saturated heterocycles. The van der Waals surface area contributed by atoms with Gasteiger partial charge in [-0.25, -0.2) is 4.79 Å². The highest BCUT2D eigenvalue weighted by atomic mass is 16.5. The topological polar surface area (TPSA) is 119 Å². The first-order valence-corrected chi connectivity index (χ1v) is 18.7. The molecule has 262 valence electrons. The van der Waals surface area contributed by atoms with Crippen LogP contribution in [0.1, 0.15) is 181 Å². The van der Waals surface area contributed by atoms with E-state index in [-0.39, 0.29) is 18.0 Å². The summed E-state index contributed by atoms with van der Waals surface area (Å²) in [6.45, 7) is 4.79. The Morgan fingerprint density at radius 1 is 0.644 bits per heavy atom. The zero-order chi connectivity index (χ0) is 33.2. The van der Waals surface area contributed by atoms with Crippen molar-refractivity contribution in [2.45, 2.75) is 193 Å². The number of amides is 1. The van der Waals surface area contributed by atoms with E-state index in [0.717, 1.165) is 57.8 Å². The summed E-state index contributed by atoms with van der Waals surface area (Å²) in [5, 5.41) is 11.8. The van der Waals surface area contributed by atoms with E-state index >= 15 is 0 Å². The summed E-state index contributed by atoms with van der Waals surface area (Å²) >= 11 is 0. The van der Waals surface area contributed by atoms with Crippen molar-refractivity contribution in [2.24, 2.45) is 5.73 Å². The number of hydrogen-bond acceptors (Lipinski definition) is 5. The van der Waals surface area contributed by atoms with Crippen LogP contribution in [0.25, 0.3) is 0 Å². The lowest BCUT2D eigenvalue weighted by atomic mass is 10.0. The van der Waals surface area contributed by atoms with Gasteiger partial charge in [0.2, 0.25) is 5.91 Å². The molecule has 0 radical (unpaired) electrons. The fourth-order valence-electron chi connectivity index (χ4n) is 5.41. The van der Waals surface area contributed by atoms with Crippen molar-refractivity contribution in [3.8, 4) is 0 Å². The third-order valence-corrected chi connectivity index (χ3v) is 8.27. The highest BCUT2D eigenvalue weighted by Gasteiger charge is 2.19. The van der Waals surface area contributed by atoms with E-state index in [2.05, 4.69) is 43.5 Å². The highest BCUT2D eigenvalue weighted by molar-refractivity contribution is 5.83. The molecular formula is C38H70N2O5. The first-order chi connectivity index (χ1) is 21.9. The summed E-state index contributed by atoms with van der Waals surface area (Å²) in [4.78, 5) is 35.9. The molecule has 7 nitrogen and oxygen atoms in total. The summed E-state index contributed by atoms with van der Waals surface area (Å²) in [6.07, 6.45) is 35.6. The second-order valence-corrected chi connectivity index (χ2v) is 12.6. The van der Waals surface area contributed by atoms with Crippen LogP contribution in [-0.4, -0.2) is 41.6 Å². The number of aliphatic carboxylic acids is 1. The van der Waals surface area contributed by atoms with E-state index in [4.69, 9.17) is 10.5 Å². The van der Waals surface area contributed by atoms with Gasteiger partial charge in [0.25, 0.3) is 0 Å². The third-order valence-electron chi connectivity index (χ3n) is 8.27. The second-order valence-electron chi connectivity index (χ2n) is 12.6. The van der Waals surface area contributed by atoms with Gasteiger partial charge in [0.15, 0.2) is 0 Å². The van der Waals surface area contributed by atoms with Crippen molar-refractivity contribution in [2.75, 3.05) is 6.54 Å². The minimum Gasteiger partial charge on any atom is -0.480 e. The van der Waals surface area contributed by atoms with Crippen LogP contribution in [0.15, 0.2) is 24.3 Å². The molecule has 7 heteroatoms. The van der Waals surface area contributed by atoms with Gasteiger partial charge in [0.05, 0.1) is 0 Å². The number of hydrogen-bond donors (Lipinski definition) is 3. The van der Waals surface area contributed by atoms with E-state index in [1.807, 2.05) is 0 Å². The maximum Gasteiger partial charge on any atom is 0.326 e. The maximum absolute atomic E-state index is 12.5. The molecule has 0 bridgehead atoms. The number of carbonyl (C=O) groups is 3. The summed E-state index contributed by atoms with van der Waals surface area (Å²) in [7, 11) is 0. The summed E-state index contributed by atoms with van der Waals surface area (Å²) < 4.78 is 5.83. The SMILES string of the molecule is CCCCC/C=C\C/C=C\CCCCCCCCCCCC(=O)OC(CCCC)CCCCCC(=O)NC(CCCN)C(=O)O. The Labute approximate surface area is 276 Å². The van der Waals surface area contributed by atoms with Gasteiger partial charge in [-0.05, 0) is 83.6 Å². The average molecular weight is 635 g/mol. The molecule has 0 rings (SSSR count). The summed E-state index contributed by atoms with van der Waals surface area (Å²) in [5.74, 6) is -1.33. The number of rotatable bonds is 33. The molecule has 2 atom stereocenters. The van der Waals surface area contributed by atoms with Crippen LogP contribution in [0.5, 0.6) is 0 Å². The number of allylic oxidation sites excluding steroid dienone is 4. The molecule has 2 unspecified atom stereocenters. The summed E-state index contributed by atoms with van der Waals surface area (Å²) in [5.41, 5.74) is 5.45. The molecule has 1 amide bonds. The molecule has 0 aliphatic heterocycles. The van der Waals surface area contributed by atoms with Crippen molar-refractivity contribution in [3.05, 3.63) is 24.3 Å². The second kappa shape index (κ2) is 33.2. The van der Waals surface area contributed by atoms with Crippen LogP contribution in [-0.2, 0) is 19.1 Å². The minimum absolute atomic E-state index is 0.0495. The number of esters is 1. The Hall–Kier alpha value is -2.15. The van der Waals surface area contributed by atoms with Gasteiger partial charge in [-0.15, -0.1) is 0 Å². The molecule has 45 heavy (non-hydrogen) atoms. The minimum atomic E-state index is -1.02. The number of carboxylic acid groups (broad SMARTS) is 1. The van der Waals surface area contributed by atoms with Crippen LogP contribution in [0, 0.1) is 0 Å². The summed E-state index contributed by atoms with van der Waals surface area (Å²) in [6, 6.07) is -0.871. The molecule has 0 saturated carbocycles. The van der Waals surface area contributed by atoms with Crippen molar-refractivity contribution in [3.63, 3.8) is 0 Å². The van der Waals surface area contributed by atoms with Gasteiger partial charge in [-0.2, -0.15) is 0 Å². The zero-order valence-electron chi connectivity index (χ0n) is 29.2. The van der Waals surface area contributed by atoms with E-state index < -0.39 is 12.0 Å². The van der Waals surface area contributed by atoms with Crippen molar-refractivity contribution in [1.82, 2.24) is 5.32 Å². The Bertz CT molecular complexity index is 767. The smallest absolute Gasteiger partial charge is 0.326 e. The number of nitrogens with two attached hydrogens (primary N) is 1. The van der Waals surface area contributed by atoms with Gasteiger partial charge < -0.3 is 20.9 Å². The standard InChI is InChI=1S/C38H70N2O5/c1-3-5-7-8-9-10-11-12-13-14-15-16-17-18-19-20-21-22-26-32-37(42)45-34(28-6-4-2)29-24-23-25-31-36(41)40-35(38(43)44)30-27-33-39/h9-10,12-13,34-35H,3-8,11,14-33,39H2,1-2H3,(H,40,41)(H,43,44)/b10-9-,13-12-. The van der Waals surface area contributed by atoms with Gasteiger partial charge in [0, 0.05) is 12.8 Å². The van der Waals surface area contributed by atoms with Crippen LogP contribution in [0.2, 0.25) is 0 Å². The van der Waals surface area contributed by atoms with Crippen LogP contribution in [0.3, 0.4) is 0 Å². The number of carboxylic acids is 1. The molecule has 0 aromatic carbocycles. The van der Waals surface area contributed by atoms with Crippen molar-refractivity contribution < 1.29 is 24.2 Å². The largest absolute Gasteiger partial charge is 0.480 e. The molecule has 0 heterocycles. The number of ether oxygens (including phenoxy) is 1. The predicted octanol–water partition coefficient (Wildman–Crippen LogP) is 9.72. The van der Waals surface area contributed by atoms with Crippen molar-refractivity contribution in [1.29, 1.82) is 0 Å². The monoisotopic (exact) mass is 635 g/mol. The Kier molecular flexibility index (Phi) is 31.6. The van der Waals surface area contributed by atoms with Crippen molar-refractivity contribution >= 4 is 17.8 Å². The molecule has 0 aromatic heterocycles. The lowest BCUT2D eigenvalue weighted by Gasteiger charge is -2.18. The van der Waals surface area contributed by atoms with E-state index in [9.17, 15) is 19.5 Å². The van der Waals surface area contributed by atoms with Crippen LogP contribution >= 0.6 is 0 Å². The van der Waals surface area contributed by atoms with Crippen LogP contribution in [0.4, 0.5) is 0 Å². The molecule has 0 fully saturated rings. The molecule has 4 N–H and O–H groups in total. The molecule has 0 aromatic rings. The normalized spacial score (nSPS) is 13.0. The molecular weight excluding hydrogens is 564 g/mol. The van der Waals surface area contributed by atoms with Gasteiger partial charge >= 0.3 is 11.9 Å². The van der Waals surface area contributed by atoms with Crippen LogP contribution < -0.4 is 11.1 Å². The van der Waals surface area contributed by atoms with E-state index in [1.165, 1.54) is 77.0 Å². The highest BCUT2D eigenvalue weighted by Crippen LogP contribution is 2.17. The molecule has 0 aliphatic rings. The van der Waals surface area contributed by atoms with E-state index in [1.54, 1.807) is 0 Å². The van der Waals surface area contributed by atoms with Gasteiger partial charge in [-0.1, -0.05) is 115 Å². The van der Waals surface area contributed by atoms with Gasteiger partial charge in [-0.3, -0.25) is 9.59 Å². The molecule has 0 spiro atoms. The maximum atomic E-state index is 12.5. The Balaban J connectivity index is 3.84. The average Bonchev–Trinajstić information content (AvgIpc) is 3.02. The Morgan fingerprint density at radius 2 is 1.18 bits per heavy atom. The third kappa shape index (κ3) is 30.3. The fraction of sp³-hybridized carbons (Fsp3) is 0.816.